The van der Waals surface area contributed by atoms with E-state index in [4.69, 9.17) is 5.11 Å². The van der Waals surface area contributed by atoms with Gasteiger partial charge < -0.3 is 10.4 Å². The van der Waals surface area contributed by atoms with Crippen LogP contribution in [0, 0.1) is 6.92 Å². The van der Waals surface area contributed by atoms with E-state index in [9.17, 15) is 4.79 Å². The third kappa shape index (κ3) is 2.35. The number of benzene rings is 1. The van der Waals surface area contributed by atoms with Crippen LogP contribution < -0.4 is 5.32 Å². The van der Waals surface area contributed by atoms with Crippen LogP contribution in [-0.2, 0) is 0 Å². The highest BCUT2D eigenvalue weighted by atomic mass is 16.4. The Morgan fingerprint density at radius 1 is 1.38 bits per heavy atom. The topological polar surface area (TPSA) is 49.3 Å². The second-order valence-corrected chi connectivity index (χ2v) is 4.48. The Morgan fingerprint density at radius 2 is 2.06 bits per heavy atom. The van der Waals surface area contributed by atoms with Crippen molar-refractivity contribution in [3.05, 3.63) is 29.3 Å². The molecule has 0 radical (unpaired) electrons. The molecule has 1 saturated carbocycles. The summed E-state index contributed by atoms with van der Waals surface area (Å²) in [6.07, 6.45) is 4.78. The first-order chi connectivity index (χ1) is 7.66. The Morgan fingerprint density at radius 3 is 2.69 bits per heavy atom. The molecular formula is C13H17NO2. The summed E-state index contributed by atoms with van der Waals surface area (Å²) in [5.74, 6) is -0.861. The highest BCUT2D eigenvalue weighted by molar-refractivity contribution is 5.94. The quantitative estimate of drug-likeness (QED) is 0.821. The van der Waals surface area contributed by atoms with Gasteiger partial charge in [-0.05, 0) is 37.5 Å². The van der Waals surface area contributed by atoms with Crippen LogP contribution in [0.3, 0.4) is 0 Å². The molecule has 0 saturated heterocycles. The minimum atomic E-state index is -0.861. The second kappa shape index (κ2) is 4.56. The van der Waals surface area contributed by atoms with Gasteiger partial charge in [-0.2, -0.15) is 0 Å². The van der Waals surface area contributed by atoms with Gasteiger partial charge in [0.05, 0.1) is 5.56 Å². The lowest BCUT2D eigenvalue weighted by Crippen LogP contribution is -2.17. The van der Waals surface area contributed by atoms with E-state index >= 15 is 0 Å². The van der Waals surface area contributed by atoms with Gasteiger partial charge in [0.25, 0.3) is 0 Å². The first-order valence-corrected chi connectivity index (χ1v) is 5.77. The molecule has 1 aromatic rings. The molecule has 86 valence electrons. The molecule has 3 heteroatoms. The number of carboxylic acid groups (broad SMARTS) is 1. The van der Waals surface area contributed by atoms with Crippen LogP contribution in [0.1, 0.15) is 41.6 Å². The van der Waals surface area contributed by atoms with Crippen molar-refractivity contribution in [3.63, 3.8) is 0 Å². The Bertz CT molecular complexity index is 395. The average Bonchev–Trinajstić information content (AvgIpc) is 2.70. The molecule has 1 aliphatic carbocycles. The van der Waals surface area contributed by atoms with E-state index in [2.05, 4.69) is 5.32 Å². The van der Waals surface area contributed by atoms with Crippen molar-refractivity contribution in [2.24, 2.45) is 0 Å². The molecule has 1 aromatic carbocycles. The van der Waals surface area contributed by atoms with Crippen molar-refractivity contribution >= 4 is 11.7 Å². The molecule has 0 bridgehead atoms. The molecule has 0 atom stereocenters. The Kier molecular flexibility index (Phi) is 3.13. The third-order valence-corrected chi connectivity index (χ3v) is 3.12. The molecule has 2 N–H and O–H groups in total. The van der Waals surface area contributed by atoms with E-state index in [0.717, 1.165) is 24.1 Å². The lowest BCUT2D eigenvalue weighted by molar-refractivity contribution is 0.0698. The fourth-order valence-electron chi connectivity index (χ4n) is 2.25. The smallest absolute Gasteiger partial charge is 0.337 e. The number of aryl methyl sites for hydroxylation is 1. The van der Waals surface area contributed by atoms with E-state index < -0.39 is 5.97 Å². The zero-order valence-electron chi connectivity index (χ0n) is 9.49. The molecule has 3 nitrogen and oxygen atoms in total. The number of anilines is 1. The number of carboxylic acids is 1. The molecule has 0 heterocycles. The second-order valence-electron chi connectivity index (χ2n) is 4.48. The van der Waals surface area contributed by atoms with Gasteiger partial charge in [-0.1, -0.05) is 18.9 Å². The first-order valence-electron chi connectivity index (χ1n) is 5.77. The summed E-state index contributed by atoms with van der Waals surface area (Å²) in [6.45, 7) is 1.98. The maximum Gasteiger partial charge on any atom is 0.337 e. The zero-order chi connectivity index (χ0) is 11.5. The normalized spacial score (nSPS) is 16.3. The van der Waals surface area contributed by atoms with Gasteiger partial charge in [0.1, 0.15) is 0 Å². The van der Waals surface area contributed by atoms with Crippen LogP contribution in [0.2, 0.25) is 0 Å². The van der Waals surface area contributed by atoms with Gasteiger partial charge in [-0.15, -0.1) is 0 Å². The Hall–Kier alpha value is -1.51. The summed E-state index contributed by atoms with van der Waals surface area (Å²) in [5.41, 5.74) is 2.22. The summed E-state index contributed by atoms with van der Waals surface area (Å²) < 4.78 is 0. The van der Waals surface area contributed by atoms with Crippen molar-refractivity contribution in [2.75, 3.05) is 5.32 Å². The van der Waals surface area contributed by atoms with E-state index in [1.807, 2.05) is 19.1 Å². The molecule has 0 aliphatic heterocycles. The molecule has 0 aromatic heterocycles. The Labute approximate surface area is 95.5 Å². The number of aromatic carboxylic acids is 1. The van der Waals surface area contributed by atoms with E-state index in [0.29, 0.717) is 11.6 Å². The third-order valence-electron chi connectivity index (χ3n) is 3.12. The predicted octanol–water partition coefficient (Wildman–Crippen LogP) is 3.05. The molecule has 0 amide bonds. The number of carbonyl (C=O) groups is 1. The summed E-state index contributed by atoms with van der Waals surface area (Å²) in [4.78, 5) is 11.1. The van der Waals surface area contributed by atoms with E-state index in [-0.39, 0.29) is 0 Å². The van der Waals surface area contributed by atoms with Crippen molar-refractivity contribution in [1.29, 1.82) is 0 Å². The van der Waals surface area contributed by atoms with Crippen LogP contribution in [0.5, 0.6) is 0 Å². The SMILES string of the molecule is Cc1ccc(C(=O)O)c(NC2CCCC2)c1. The maximum absolute atomic E-state index is 11.1. The number of rotatable bonds is 3. The minimum Gasteiger partial charge on any atom is -0.478 e. The van der Waals surface area contributed by atoms with Gasteiger partial charge in [0.2, 0.25) is 0 Å². The molecular weight excluding hydrogens is 202 g/mol. The van der Waals surface area contributed by atoms with Gasteiger partial charge in [-0.3, -0.25) is 0 Å². The first kappa shape index (κ1) is 11.0. The largest absolute Gasteiger partial charge is 0.478 e. The number of hydrogen-bond acceptors (Lipinski definition) is 2. The van der Waals surface area contributed by atoms with Gasteiger partial charge in [0, 0.05) is 11.7 Å². The summed E-state index contributed by atoms with van der Waals surface area (Å²) in [5, 5.41) is 12.4. The highest BCUT2D eigenvalue weighted by Crippen LogP contribution is 2.25. The fourth-order valence-corrected chi connectivity index (χ4v) is 2.25. The number of hydrogen-bond donors (Lipinski definition) is 2. The molecule has 1 aliphatic rings. The molecule has 0 spiro atoms. The van der Waals surface area contributed by atoms with Crippen molar-refractivity contribution in [2.45, 2.75) is 38.6 Å². The van der Waals surface area contributed by atoms with Crippen LogP contribution in [0.4, 0.5) is 5.69 Å². The zero-order valence-corrected chi connectivity index (χ0v) is 9.49. The average molecular weight is 219 g/mol. The van der Waals surface area contributed by atoms with Crippen LogP contribution >= 0.6 is 0 Å². The predicted molar refractivity (Wildman–Crippen MR) is 64.0 cm³/mol. The van der Waals surface area contributed by atoms with Crippen LogP contribution in [0.15, 0.2) is 18.2 Å². The number of nitrogens with one attached hydrogen (secondary N) is 1. The summed E-state index contributed by atoms with van der Waals surface area (Å²) in [6, 6.07) is 5.87. The lowest BCUT2D eigenvalue weighted by atomic mass is 10.1. The summed E-state index contributed by atoms with van der Waals surface area (Å²) >= 11 is 0. The van der Waals surface area contributed by atoms with E-state index in [1.54, 1.807) is 6.07 Å². The van der Waals surface area contributed by atoms with Gasteiger partial charge >= 0.3 is 5.97 Å². The van der Waals surface area contributed by atoms with Gasteiger partial charge in [-0.25, -0.2) is 4.79 Å². The molecule has 1 fully saturated rings. The van der Waals surface area contributed by atoms with Gasteiger partial charge in [0.15, 0.2) is 0 Å². The summed E-state index contributed by atoms with van der Waals surface area (Å²) in [7, 11) is 0. The maximum atomic E-state index is 11.1. The fraction of sp³-hybridized carbons (Fsp3) is 0.462. The lowest BCUT2D eigenvalue weighted by Gasteiger charge is -2.16. The molecule has 0 unspecified atom stereocenters. The van der Waals surface area contributed by atoms with Crippen LogP contribution in [0.25, 0.3) is 0 Å². The van der Waals surface area contributed by atoms with E-state index in [1.165, 1.54) is 12.8 Å². The highest BCUT2D eigenvalue weighted by Gasteiger charge is 2.17. The molecule has 2 rings (SSSR count). The van der Waals surface area contributed by atoms with Crippen molar-refractivity contribution in [3.8, 4) is 0 Å². The van der Waals surface area contributed by atoms with Crippen LogP contribution in [-0.4, -0.2) is 17.1 Å². The standard InChI is InChI=1S/C13H17NO2/c1-9-6-7-11(13(15)16)12(8-9)14-10-4-2-3-5-10/h6-8,10,14H,2-5H2,1H3,(H,15,16). The Balaban J connectivity index is 2.22. The van der Waals surface area contributed by atoms with Crippen molar-refractivity contribution < 1.29 is 9.90 Å². The minimum absolute atomic E-state index is 0.373. The monoisotopic (exact) mass is 219 g/mol. The molecule has 16 heavy (non-hydrogen) atoms. The van der Waals surface area contributed by atoms with Crippen molar-refractivity contribution in [1.82, 2.24) is 0 Å².